The quantitative estimate of drug-likeness (QED) is 0.373. The van der Waals surface area contributed by atoms with Crippen LogP contribution in [0.1, 0.15) is 12.8 Å². The first-order valence-corrected chi connectivity index (χ1v) is 7.42. The van der Waals surface area contributed by atoms with E-state index in [4.69, 9.17) is 10.3 Å². The van der Waals surface area contributed by atoms with Gasteiger partial charge in [0.2, 0.25) is 5.91 Å². The van der Waals surface area contributed by atoms with Crippen molar-refractivity contribution in [3.8, 4) is 0 Å². The second-order valence-electron chi connectivity index (χ2n) is 5.08. The van der Waals surface area contributed by atoms with Crippen LogP contribution in [0.5, 0.6) is 0 Å². The second-order valence-corrected chi connectivity index (χ2v) is 6.08. The zero-order valence-corrected chi connectivity index (χ0v) is 14.1. The molecule has 1 saturated carbocycles. The molecule has 0 aromatic rings. The number of rotatable bonds is 4. The van der Waals surface area contributed by atoms with Crippen LogP contribution in [0.15, 0.2) is 11.6 Å². The third-order valence-corrected chi connectivity index (χ3v) is 3.97. The van der Waals surface area contributed by atoms with Crippen molar-refractivity contribution in [3.05, 3.63) is 11.6 Å². The first kappa shape index (κ1) is 16.7. The molecule has 3 N–H and O–H groups in total. The number of urea groups is 1. The fourth-order valence-electron chi connectivity index (χ4n) is 2.73. The minimum atomic E-state index is -4.81. The van der Waals surface area contributed by atoms with Gasteiger partial charge in [-0.2, -0.15) is 13.5 Å². The number of primary amides is 1. The molecule has 0 spiro atoms. The summed E-state index contributed by atoms with van der Waals surface area (Å²) in [7, 11) is -4.81. The summed E-state index contributed by atoms with van der Waals surface area (Å²) in [5.41, 5.74) is 6.07. The largest absolute Gasteiger partial charge is 0.418 e. The number of nitrogens with zero attached hydrogens (tertiary/aromatic N) is 2. The van der Waals surface area contributed by atoms with Gasteiger partial charge in [-0.05, 0) is 24.3 Å². The van der Waals surface area contributed by atoms with Gasteiger partial charge in [0.15, 0.2) is 0 Å². The Hall–Kier alpha value is -0.650. The molecule has 0 aromatic heterocycles. The van der Waals surface area contributed by atoms with Crippen molar-refractivity contribution in [2.24, 2.45) is 11.7 Å². The van der Waals surface area contributed by atoms with Gasteiger partial charge >= 0.3 is 16.4 Å². The smallest absolute Gasteiger partial charge is 0.368 e. The third kappa shape index (κ3) is 3.10. The number of fused-ring (bicyclic) bond motifs is 2. The molecule has 2 heterocycles. The van der Waals surface area contributed by atoms with E-state index in [0.29, 0.717) is 5.06 Å². The van der Waals surface area contributed by atoms with Gasteiger partial charge in [-0.1, -0.05) is 6.08 Å². The predicted molar refractivity (Wildman–Crippen MR) is 69.9 cm³/mol. The Bertz CT molecular complexity index is 616. The van der Waals surface area contributed by atoms with Crippen molar-refractivity contribution in [1.82, 2.24) is 9.96 Å². The summed E-state index contributed by atoms with van der Waals surface area (Å²) in [6.45, 7) is 0.0954. The Morgan fingerprint density at radius 1 is 1.43 bits per heavy atom. The van der Waals surface area contributed by atoms with E-state index in [0.717, 1.165) is 18.4 Å². The average Bonchev–Trinajstić information content (AvgIpc) is 3.13. The summed E-state index contributed by atoms with van der Waals surface area (Å²) < 4.78 is 34.5. The van der Waals surface area contributed by atoms with Gasteiger partial charge in [-0.25, -0.2) is 4.79 Å². The zero-order chi connectivity index (χ0) is 14.7. The minimum absolute atomic E-state index is 0. The minimum Gasteiger partial charge on any atom is -0.368 e. The molecule has 1 saturated heterocycles. The maximum atomic E-state index is 12.1. The van der Waals surface area contributed by atoms with Crippen LogP contribution in [0.25, 0.3) is 0 Å². The summed E-state index contributed by atoms with van der Waals surface area (Å²) in [6.07, 6.45) is 3.45. The van der Waals surface area contributed by atoms with E-state index in [1.54, 1.807) is 6.08 Å². The van der Waals surface area contributed by atoms with E-state index < -0.39 is 34.4 Å². The van der Waals surface area contributed by atoms with Crippen molar-refractivity contribution in [2.75, 3.05) is 6.54 Å². The van der Waals surface area contributed by atoms with Crippen LogP contribution in [0.3, 0.4) is 0 Å². The number of carbonyl (C=O) groups excluding carboxylic acids is 2. The third-order valence-electron chi connectivity index (χ3n) is 3.62. The molecule has 21 heavy (non-hydrogen) atoms. The Balaban J connectivity index is 0.00000161. The number of hydroxylamine groups is 2. The van der Waals surface area contributed by atoms with Gasteiger partial charge in [0.1, 0.15) is 6.04 Å². The van der Waals surface area contributed by atoms with Gasteiger partial charge in [-0.15, -0.1) is 4.28 Å². The first-order chi connectivity index (χ1) is 9.28. The van der Waals surface area contributed by atoms with Gasteiger partial charge in [0, 0.05) is 29.6 Å². The average molecular weight is 326 g/mol. The van der Waals surface area contributed by atoms with E-state index >= 15 is 0 Å². The fourth-order valence-corrected chi connectivity index (χ4v) is 3.11. The van der Waals surface area contributed by atoms with E-state index in [1.807, 2.05) is 0 Å². The van der Waals surface area contributed by atoms with Gasteiger partial charge in [0.05, 0.1) is 12.6 Å². The summed E-state index contributed by atoms with van der Waals surface area (Å²) in [4.78, 5) is 24.8. The number of hydrogen-bond acceptors (Lipinski definition) is 5. The van der Waals surface area contributed by atoms with Gasteiger partial charge < -0.3 is 10.6 Å². The van der Waals surface area contributed by atoms with E-state index in [1.165, 1.54) is 4.90 Å². The van der Waals surface area contributed by atoms with Crippen molar-refractivity contribution in [1.29, 1.82) is 0 Å². The van der Waals surface area contributed by atoms with Crippen LogP contribution in [0, 0.1) is 5.92 Å². The molecule has 2 bridgehead atoms. The van der Waals surface area contributed by atoms with Crippen LogP contribution in [-0.2, 0) is 19.5 Å². The first-order valence-electron chi connectivity index (χ1n) is 6.05. The maximum Gasteiger partial charge on any atom is 0.418 e. The number of hydrogen-bond donors (Lipinski definition) is 2. The molecule has 0 aromatic carbocycles. The Kier molecular flexibility index (Phi) is 4.40. The van der Waals surface area contributed by atoms with Crippen molar-refractivity contribution in [2.45, 2.75) is 24.9 Å². The number of carbonyl (C=O) groups is 2. The molecule has 0 unspecified atom stereocenters. The van der Waals surface area contributed by atoms with Crippen LogP contribution in [0.4, 0.5) is 4.79 Å². The van der Waals surface area contributed by atoms with Gasteiger partial charge in [0.25, 0.3) is 0 Å². The fraction of sp³-hybridized carbons (Fsp3) is 0.600. The van der Waals surface area contributed by atoms with Crippen molar-refractivity contribution >= 4 is 51.9 Å². The molecule has 3 aliphatic rings. The summed E-state index contributed by atoms with van der Waals surface area (Å²) in [5, 5.41) is 0.556. The molecule has 11 heteroatoms. The predicted octanol–water partition coefficient (Wildman–Crippen LogP) is -1.35. The van der Waals surface area contributed by atoms with Crippen molar-refractivity contribution in [3.63, 3.8) is 0 Å². The standard InChI is InChI=1S/C10H13N3O6S.Na/c11-9(14)8-7(5-1-2-5)3-6-4-12(8)10(15)13(6)19-20(16,17)18;/h3,5-6,8H,1-2,4H2,(H2,11,14)(H,16,17,18);/t6-,8+;/m1./s1. The van der Waals surface area contributed by atoms with Crippen LogP contribution in [-0.4, -0.2) is 83.1 Å². The monoisotopic (exact) mass is 326 g/mol. The molecule has 2 aliphatic heterocycles. The van der Waals surface area contributed by atoms with Crippen LogP contribution in [0.2, 0.25) is 0 Å². The SMILES string of the molecule is NC(=O)[C@@H]1C(C2CC2)=C[C@@H]2CN1C(=O)N2OS(=O)(=O)O.[Na]. The molecule has 2 fully saturated rings. The van der Waals surface area contributed by atoms with E-state index in [-0.39, 0.29) is 42.0 Å². The topological polar surface area (TPSA) is 130 Å². The normalized spacial score (nSPS) is 28.2. The number of amides is 3. The molecular formula is C10H13N3NaO6S. The molecule has 111 valence electrons. The Morgan fingerprint density at radius 3 is 2.52 bits per heavy atom. The summed E-state index contributed by atoms with van der Waals surface area (Å²) in [6, 6.07) is -2.33. The van der Waals surface area contributed by atoms with Crippen LogP contribution >= 0.6 is 0 Å². The number of nitrogens with two attached hydrogens (primary N) is 1. The summed E-state index contributed by atoms with van der Waals surface area (Å²) in [5.74, 6) is -0.472. The van der Waals surface area contributed by atoms with Crippen molar-refractivity contribution < 1.29 is 26.8 Å². The maximum absolute atomic E-state index is 12.1. The molecule has 9 nitrogen and oxygen atoms in total. The molecule has 3 amide bonds. The molecular weight excluding hydrogens is 313 g/mol. The molecule has 2 atom stereocenters. The molecule has 3 rings (SSSR count). The second kappa shape index (κ2) is 5.52. The summed E-state index contributed by atoms with van der Waals surface area (Å²) >= 11 is 0. The van der Waals surface area contributed by atoms with E-state index in [2.05, 4.69) is 4.28 Å². The molecule has 1 aliphatic carbocycles. The van der Waals surface area contributed by atoms with Crippen LogP contribution < -0.4 is 5.73 Å². The molecule has 1 radical (unpaired) electrons. The van der Waals surface area contributed by atoms with Gasteiger partial charge in [-0.3, -0.25) is 9.35 Å². The zero-order valence-electron chi connectivity index (χ0n) is 11.3. The Labute approximate surface area is 143 Å². The Morgan fingerprint density at radius 2 is 2.05 bits per heavy atom. The van der Waals surface area contributed by atoms with E-state index in [9.17, 15) is 18.0 Å².